The molecule has 7 heteroatoms. The van der Waals surface area contributed by atoms with Gasteiger partial charge in [-0.3, -0.25) is 4.90 Å². The predicted molar refractivity (Wildman–Crippen MR) is 116 cm³/mol. The lowest BCUT2D eigenvalue weighted by molar-refractivity contribution is 0.0637. The molecule has 0 saturated carbocycles. The predicted octanol–water partition coefficient (Wildman–Crippen LogP) is 5.22. The van der Waals surface area contributed by atoms with Gasteiger partial charge in [0.15, 0.2) is 0 Å². The van der Waals surface area contributed by atoms with E-state index in [1.807, 2.05) is 24.3 Å². The summed E-state index contributed by atoms with van der Waals surface area (Å²) in [7, 11) is 0. The van der Waals surface area contributed by atoms with Gasteiger partial charge in [-0.1, -0.05) is 24.3 Å². The summed E-state index contributed by atoms with van der Waals surface area (Å²) in [4.78, 5) is 16.0. The van der Waals surface area contributed by atoms with E-state index in [0.29, 0.717) is 19.7 Å². The van der Waals surface area contributed by atoms with E-state index in [1.54, 1.807) is 11.8 Å². The fourth-order valence-electron chi connectivity index (χ4n) is 3.83. The van der Waals surface area contributed by atoms with Crippen LogP contribution in [0.25, 0.3) is 0 Å². The Balaban J connectivity index is 0.00000320. The quantitative estimate of drug-likeness (QED) is 0.593. The molecule has 1 saturated heterocycles. The Morgan fingerprint density at radius 1 is 0.967 bits per heavy atom. The van der Waals surface area contributed by atoms with Crippen LogP contribution >= 0.6 is 12.4 Å². The molecule has 0 bridgehead atoms. The molecule has 2 aromatic rings. The number of amides is 1. The molecule has 3 rings (SSSR count). The third kappa shape index (κ3) is 6.67. The van der Waals surface area contributed by atoms with E-state index in [0.717, 1.165) is 43.5 Å². The van der Waals surface area contributed by atoms with Crippen LogP contribution in [0, 0.1) is 11.6 Å². The highest BCUT2D eigenvalue weighted by molar-refractivity contribution is 5.85. The zero-order valence-electron chi connectivity index (χ0n) is 17.2. The highest BCUT2D eigenvalue weighted by Gasteiger charge is 2.27. The van der Waals surface area contributed by atoms with Crippen LogP contribution in [0.15, 0.2) is 48.5 Å². The van der Waals surface area contributed by atoms with Gasteiger partial charge < -0.3 is 9.64 Å². The molecule has 1 fully saturated rings. The minimum absolute atomic E-state index is 0. The standard InChI is InChI=1S/C23H28F2N2O2.ClH/c1-2-29-23(28)27-16-14-26(15-17-27)22(19-8-12-21(25)13-9-19)5-3-4-18-6-10-20(24)11-7-18;/h6-13,22H,2-5,14-17H2,1H3;1H. The second-order valence-corrected chi connectivity index (χ2v) is 7.31. The molecular formula is C23H29ClF2N2O2. The third-order valence-corrected chi connectivity index (χ3v) is 5.39. The average molecular weight is 439 g/mol. The first-order valence-corrected chi connectivity index (χ1v) is 10.2. The van der Waals surface area contributed by atoms with Gasteiger partial charge in [-0.05, 0) is 61.6 Å². The van der Waals surface area contributed by atoms with Gasteiger partial charge in [0.1, 0.15) is 11.6 Å². The summed E-state index contributed by atoms with van der Waals surface area (Å²) in [6.07, 6.45) is 2.44. The molecule has 1 amide bonds. The Kier molecular flexibility index (Phi) is 9.53. The van der Waals surface area contributed by atoms with Crippen LogP contribution in [0.5, 0.6) is 0 Å². The van der Waals surface area contributed by atoms with E-state index in [2.05, 4.69) is 4.90 Å². The number of hydrogen-bond acceptors (Lipinski definition) is 3. The number of carbonyl (C=O) groups excluding carboxylic acids is 1. The number of benzene rings is 2. The lowest BCUT2D eigenvalue weighted by Crippen LogP contribution is -2.49. The van der Waals surface area contributed by atoms with Crippen LogP contribution in [0.3, 0.4) is 0 Å². The Hall–Kier alpha value is -2.18. The first-order chi connectivity index (χ1) is 14.1. The second-order valence-electron chi connectivity index (χ2n) is 7.31. The van der Waals surface area contributed by atoms with E-state index >= 15 is 0 Å². The molecule has 4 nitrogen and oxygen atoms in total. The molecule has 1 unspecified atom stereocenters. The Morgan fingerprint density at radius 3 is 2.10 bits per heavy atom. The highest BCUT2D eigenvalue weighted by Crippen LogP contribution is 2.28. The van der Waals surface area contributed by atoms with Crippen LogP contribution in [-0.4, -0.2) is 48.7 Å². The lowest BCUT2D eigenvalue weighted by atomic mass is 9.97. The summed E-state index contributed by atoms with van der Waals surface area (Å²) in [6.45, 7) is 4.91. The van der Waals surface area contributed by atoms with Crippen LogP contribution in [-0.2, 0) is 11.2 Å². The molecule has 0 aliphatic carbocycles. The van der Waals surface area contributed by atoms with Gasteiger partial charge in [0.25, 0.3) is 0 Å². The van der Waals surface area contributed by atoms with Gasteiger partial charge in [0.2, 0.25) is 0 Å². The maximum atomic E-state index is 13.4. The topological polar surface area (TPSA) is 32.8 Å². The monoisotopic (exact) mass is 438 g/mol. The number of rotatable bonds is 7. The van der Waals surface area contributed by atoms with Gasteiger partial charge in [-0.25, -0.2) is 13.6 Å². The molecule has 1 aliphatic heterocycles. The van der Waals surface area contributed by atoms with Gasteiger partial charge in [-0.2, -0.15) is 0 Å². The molecule has 0 N–H and O–H groups in total. The molecule has 0 aromatic heterocycles. The molecule has 2 aromatic carbocycles. The number of carbonyl (C=O) groups is 1. The molecule has 164 valence electrons. The van der Waals surface area contributed by atoms with Gasteiger partial charge in [-0.15, -0.1) is 12.4 Å². The number of aryl methyl sites for hydroxylation is 1. The first kappa shape index (κ1) is 24.1. The summed E-state index contributed by atoms with van der Waals surface area (Å²) >= 11 is 0. The number of piperazine rings is 1. The Labute approximate surface area is 183 Å². The Morgan fingerprint density at radius 2 is 1.53 bits per heavy atom. The second kappa shape index (κ2) is 11.9. The largest absolute Gasteiger partial charge is 0.450 e. The van der Waals surface area contributed by atoms with Crippen molar-refractivity contribution < 1.29 is 18.3 Å². The SMILES string of the molecule is CCOC(=O)N1CCN(C(CCCc2ccc(F)cc2)c2ccc(F)cc2)CC1.Cl. The van der Waals surface area contributed by atoms with Crippen molar-refractivity contribution in [1.82, 2.24) is 9.80 Å². The normalized spacial score (nSPS) is 15.4. The molecule has 0 spiro atoms. The molecule has 30 heavy (non-hydrogen) atoms. The zero-order valence-corrected chi connectivity index (χ0v) is 18.0. The van der Waals surface area contributed by atoms with Crippen molar-refractivity contribution in [3.05, 3.63) is 71.3 Å². The lowest BCUT2D eigenvalue weighted by Gasteiger charge is -2.39. The maximum absolute atomic E-state index is 13.4. The Bertz CT molecular complexity index is 779. The molecule has 1 heterocycles. The van der Waals surface area contributed by atoms with Crippen molar-refractivity contribution in [2.24, 2.45) is 0 Å². The molecule has 1 atom stereocenters. The molecule has 0 radical (unpaired) electrons. The first-order valence-electron chi connectivity index (χ1n) is 10.2. The van der Waals surface area contributed by atoms with Gasteiger partial charge >= 0.3 is 6.09 Å². The van der Waals surface area contributed by atoms with E-state index in [4.69, 9.17) is 4.74 Å². The maximum Gasteiger partial charge on any atom is 0.409 e. The van der Waals surface area contributed by atoms with Crippen molar-refractivity contribution in [1.29, 1.82) is 0 Å². The van der Waals surface area contributed by atoms with Crippen molar-refractivity contribution in [3.63, 3.8) is 0 Å². The fourth-order valence-corrected chi connectivity index (χ4v) is 3.83. The average Bonchev–Trinajstić information content (AvgIpc) is 2.74. The van der Waals surface area contributed by atoms with Gasteiger partial charge in [0.05, 0.1) is 6.61 Å². The van der Waals surface area contributed by atoms with Gasteiger partial charge in [0, 0.05) is 32.2 Å². The summed E-state index contributed by atoms with van der Waals surface area (Å²) < 4.78 is 31.6. The van der Waals surface area contributed by atoms with E-state index in [1.165, 1.54) is 24.3 Å². The minimum Gasteiger partial charge on any atom is -0.450 e. The number of hydrogen-bond donors (Lipinski definition) is 0. The minimum atomic E-state index is -0.262. The van der Waals surface area contributed by atoms with Crippen LogP contribution in [0.1, 0.15) is 36.9 Å². The summed E-state index contributed by atoms with van der Waals surface area (Å²) in [5.41, 5.74) is 2.19. The highest BCUT2D eigenvalue weighted by atomic mass is 35.5. The van der Waals surface area contributed by atoms with Crippen molar-refractivity contribution in [2.45, 2.75) is 32.2 Å². The number of halogens is 3. The summed E-state index contributed by atoms with van der Waals surface area (Å²) in [5.74, 6) is -0.469. The van der Waals surface area contributed by atoms with E-state index in [9.17, 15) is 13.6 Å². The van der Waals surface area contributed by atoms with E-state index in [-0.39, 0.29) is 36.2 Å². The van der Waals surface area contributed by atoms with Crippen LogP contribution < -0.4 is 0 Å². The summed E-state index contributed by atoms with van der Waals surface area (Å²) in [6, 6.07) is 13.4. The van der Waals surface area contributed by atoms with Crippen LogP contribution in [0.2, 0.25) is 0 Å². The number of nitrogens with zero attached hydrogens (tertiary/aromatic N) is 2. The summed E-state index contributed by atoms with van der Waals surface area (Å²) in [5, 5.41) is 0. The molecular weight excluding hydrogens is 410 g/mol. The molecule has 1 aliphatic rings. The van der Waals surface area contributed by atoms with Crippen molar-refractivity contribution in [2.75, 3.05) is 32.8 Å². The third-order valence-electron chi connectivity index (χ3n) is 5.39. The van der Waals surface area contributed by atoms with Crippen LogP contribution in [0.4, 0.5) is 13.6 Å². The number of ether oxygens (including phenoxy) is 1. The van der Waals surface area contributed by atoms with Crippen molar-refractivity contribution in [3.8, 4) is 0 Å². The fraction of sp³-hybridized carbons (Fsp3) is 0.435. The van der Waals surface area contributed by atoms with E-state index < -0.39 is 0 Å². The smallest absolute Gasteiger partial charge is 0.409 e. The van der Waals surface area contributed by atoms with Crippen molar-refractivity contribution >= 4 is 18.5 Å². The zero-order chi connectivity index (χ0) is 20.6.